The van der Waals surface area contributed by atoms with Crippen LogP contribution in [-0.2, 0) is 0 Å². The number of aliphatic imine (C=N–C) groups is 2. The van der Waals surface area contributed by atoms with E-state index in [1.54, 1.807) is 0 Å². The van der Waals surface area contributed by atoms with Crippen molar-refractivity contribution in [3.8, 4) is 0 Å². The molecule has 0 N–H and O–H groups in total. The first-order valence-electron chi connectivity index (χ1n) is 10.7. The predicted octanol–water partition coefficient (Wildman–Crippen LogP) is 7.04. The molecule has 0 unspecified atom stereocenters. The summed E-state index contributed by atoms with van der Waals surface area (Å²) in [6.07, 6.45) is 2.10. The van der Waals surface area contributed by atoms with Crippen LogP contribution < -0.4 is 0 Å². The van der Waals surface area contributed by atoms with Crippen LogP contribution >= 0.6 is 28.1 Å². The van der Waals surface area contributed by atoms with Gasteiger partial charge in [0.05, 0.1) is 22.5 Å². The van der Waals surface area contributed by atoms with E-state index >= 15 is 0 Å². The summed E-state index contributed by atoms with van der Waals surface area (Å²) < 4.78 is 3.22. The molecule has 2 heterocycles. The van der Waals surface area contributed by atoms with Gasteiger partial charge in [0, 0.05) is 4.47 Å². The largest absolute Gasteiger partial charge is 0.309 e. The highest BCUT2D eigenvalue weighted by molar-refractivity contribution is 9.10. The van der Waals surface area contributed by atoms with E-state index in [2.05, 4.69) is 70.8 Å². The molecule has 0 amide bonds. The molecule has 1 aromatic heterocycles. The Morgan fingerprint density at radius 2 is 1.45 bits per heavy atom. The van der Waals surface area contributed by atoms with Gasteiger partial charge in [-0.15, -0.1) is 0 Å². The summed E-state index contributed by atoms with van der Waals surface area (Å²) in [6.45, 7) is 4.15. The van der Waals surface area contributed by atoms with Crippen molar-refractivity contribution in [1.82, 2.24) is 9.55 Å². The van der Waals surface area contributed by atoms with Crippen LogP contribution in [0.1, 0.15) is 36.8 Å². The van der Waals surface area contributed by atoms with Crippen LogP contribution in [0, 0.1) is 0 Å². The van der Waals surface area contributed by atoms with Crippen molar-refractivity contribution in [3.63, 3.8) is 0 Å². The first-order valence-corrected chi connectivity index (χ1v) is 11.9. The maximum atomic E-state index is 5.54. The molecule has 1 aliphatic rings. The lowest BCUT2D eigenvalue weighted by Crippen LogP contribution is -2.33. The van der Waals surface area contributed by atoms with Crippen LogP contribution in [0.15, 0.2) is 98.9 Å². The van der Waals surface area contributed by atoms with Gasteiger partial charge in [0.25, 0.3) is 0 Å². The Bertz CT molecular complexity index is 1390. The molecule has 3 aromatic carbocycles. The van der Waals surface area contributed by atoms with E-state index in [-0.39, 0.29) is 6.04 Å². The van der Waals surface area contributed by atoms with E-state index in [0.29, 0.717) is 5.11 Å². The van der Waals surface area contributed by atoms with Crippen LogP contribution in [0.25, 0.3) is 17.1 Å². The molecule has 6 heteroatoms. The summed E-state index contributed by atoms with van der Waals surface area (Å²) in [5.41, 5.74) is 6.82. The van der Waals surface area contributed by atoms with Gasteiger partial charge in [-0.1, -0.05) is 82.2 Å². The standard InChI is InChI=1S/C27H21BrN4S/c1-17(2)15-23-29-21-16-20(28)13-14-22(21)32(23)26-24(18-9-5-3-6-10-18)30-27(33)31-25(26)19-11-7-4-8-12-19/h3-16,26H,1-2H3. The zero-order valence-electron chi connectivity index (χ0n) is 18.2. The number of hydrogen-bond acceptors (Lipinski definition) is 2. The lowest BCUT2D eigenvalue weighted by molar-refractivity contribution is 0.800. The molecule has 4 aromatic rings. The first kappa shape index (κ1) is 21.6. The summed E-state index contributed by atoms with van der Waals surface area (Å²) >= 11 is 9.13. The lowest BCUT2D eigenvalue weighted by atomic mass is 9.93. The fourth-order valence-electron chi connectivity index (χ4n) is 4.11. The fourth-order valence-corrected chi connectivity index (χ4v) is 4.66. The SMILES string of the molecule is CC(C)=Cc1nc2cc(Br)ccc2n1C1C(c2ccccc2)=NC(=S)N=C1c1ccccc1. The number of thiocarbonyl (C=S) groups is 1. The van der Waals surface area contributed by atoms with Crippen molar-refractivity contribution in [3.05, 3.63) is 106 Å². The number of allylic oxidation sites excluding steroid dienone is 1. The van der Waals surface area contributed by atoms with Crippen LogP contribution in [0.3, 0.4) is 0 Å². The third-order valence-corrected chi connectivity index (χ3v) is 6.12. The van der Waals surface area contributed by atoms with Crippen LogP contribution in [0.2, 0.25) is 0 Å². The Labute approximate surface area is 206 Å². The predicted molar refractivity (Wildman–Crippen MR) is 144 cm³/mol. The highest BCUT2D eigenvalue weighted by atomic mass is 79.9. The highest BCUT2D eigenvalue weighted by Gasteiger charge is 2.33. The smallest absolute Gasteiger partial charge is 0.219 e. The number of rotatable bonds is 4. The van der Waals surface area contributed by atoms with E-state index in [9.17, 15) is 0 Å². The number of nitrogens with zero attached hydrogens (tertiary/aromatic N) is 4. The minimum absolute atomic E-state index is 0.293. The third kappa shape index (κ3) is 4.24. The van der Waals surface area contributed by atoms with Crippen molar-refractivity contribution >= 4 is 61.8 Å². The van der Waals surface area contributed by atoms with Gasteiger partial charge >= 0.3 is 0 Å². The Morgan fingerprint density at radius 1 is 0.879 bits per heavy atom. The number of halogens is 1. The second-order valence-corrected chi connectivity index (χ2v) is 9.39. The summed E-state index contributed by atoms with van der Waals surface area (Å²) in [4.78, 5) is 14.6. The van der Waals surface area contributed by atoms with Gasteiger partial charge in [0.15, 0.2) is 0 Å². The molecular formula is C27H21BrN4S. The van der Waals surface area contributed by atoms with Gasteiger partial charge in [0.2, 0.25) is 5.11 Å². The Morgan fingerprint density at radius 3 is 2.00 bits per heavy atom. The topological polar surface area (TPSA) is 42.5 Å². The van der Waals surface area contributed by atoms with Crippen LogP contribution in [-0.4, -0.2) is 26.1 Å². The molecule has 1 aliphatic heterocycles. The molecular weight excluding hydrogens is 492 g/mol. The number of hydrogen-bond donors (Lipinski definition) is 0. The summed E-state index contributed by atoms with van der Waals surface area (Å²) in [7, 11) is 0. The number of imidazole rings is 1. The maximum Gasteiger partial charge on any atom is 0.219 e. The Kier molecular flexibility index (Phi) is 5.87. The highest BCUT2D eigenvalue weighted by Crippen LogP contribution is 2.32. The zero-order chi connectivity index (χ0) is 22.9. The summed E-state index contributed by atoms with van der Waals surface area (Å²) in [5.74, 6) is 0.855. The normalized spacial score (nSPS) is 14.2. The molecule has 162 valence electrons. The number of fused-ring (bicyclic) bond motifs is 1. The third-order valence-electron chi connectivity index (χ3n) is 5.44. The molecule has 0 spiro atoms. The minimum Gasteiger partial charge on any atom is -0.309 e. The van der Waals surface area contributed by atoms with Crippen molar-refractivity contribution in [1.29, 1.82) is 0 Å². The average Bonchev–Trinajstić information content (AvgIpc) is 3.15. The maximum absolute atomic E-state index is 5.54. The van der Waals surface area contributed by atoms with E-state index in [0.717, 1.165) is 49.5 Å². The van der Waals surface area contributed by atoms with Gasteiger partial charge in [-0.3, -0.25) is 0 Å². The zero-order valence-corrected chi connectivity index (χ0v) is 20.6. The molecule has 0 radical (unpaired) electrons. The van der Waals surface area contributed by atoms with Crippen LogP contribution in [0.4, 0.5) is 0 Å². The summed E-state index contributed by atoms with van der Waals surface area (Å²) in [6, 6.07) is 26.2. The lowest BCUT2D eigenvalue weighted by Gasteiger charge is -2.28. The molecule has 0 saturated carbocycles. The van der Waals surface area contributed by atoms with Gasteiger partial charge in [0.1, 0.15) is 11.9 Å². The number of aromatic nitrogens is 2. The van der Waals surface area contributed by atoms with E-state index < -0.39 is 0 Å². The minimum atomic E-state index is -0.293. The second-order valence-electron chi connectivity index (χ2n) is 8.11. The molecule has 5 rings (SSSR count). The molecule has 0 atom stereocenters. The van der Waals surface area contributed by atoms with Crippen molar-refractivity contribution < 1.29 is 0 Å². The van der Waals surface area contributed by atoms with Crippen molar-refractivity contribution in [2.24, 2.45) is 9.98 Å². The van der Waals surface area contributed by atoms with E-state index in [1.165, 1.54) is 0 Å². The fraction of sp³-hybridized carbons (Fsp3) is 0.111. The number of benzene rings is 3. The quantitative estimate of drug-likeness (QED) is 0.275. The van der Waals surface area contributed by atoms with Gasteiger partial charge < -0.3 is 4.57 Å². The van der Waals surface area contributed by atoms with Crippen LogP contribution in [0.5, 0.6) is 0 Å². The first-order chi connectivity index (χ1) is 16.0. The van der Waals surface area contributed by atoms with Gasteiger partial charge in [-0.2, -0.15) is 0 Å². The second kappa shape index (κ2) is 8.96. The molecule has 33 heavy (non-hydrogen) atoms. The Balaban J connectivity index is 1.84. The van der Waals surface area contributed by atoms with E-state index in [1.807, 2.05) is 48.5 Å². The van der Waals surface area contributed by atoms with E-state index in [4.69, 9.17) is 27.2 Å². The van der Waals surface area contributed by atoms with Crippen molar-refractivity contribution in [2.75, 3.05) is 0 Å². The molecule has 4 nitrogen and oxygen atoms in total. The monoisotopic (exact) mass is 512 g/mol. The van der Waals surface area contributed by atoms with Crippen molar-refractivity contribution in [2.45, 2.75) is 19.9 Å². The van der Waals surface area contributed by atoms with Gasteiger partial charge in [-0.25, -0.2) is 15.0 Å². The van der Waals surface area contributed by atoms with Gasteiger partial charge in [-0.05, 0) is 61.5 Å². The molecule has 0 aliphatic carbocycles. The molecule has 0 bridgehead atoms. The molecule has 0 saturated heterocycles. The summed E-state index contributed by atoms with van der Waals surface area (Å²) in [5, 5.41) is 0.333. The Hall–Kier alpha value is -3.22. The average molecular weight is 513 g/mol. The molecule has 0 fully saturated rings.